The molecule has 1 N–H and O–H groups in total. The van der Waals surface area contributed by atoms with Crippen LogP contribution >= 0.6 is 0 Å². The summed E-state index contributed by atoms with van der Waals surface area (Å²) in [6, 6.07) is 1.89. The van der Waals surface area contributed by atoms with Gasteiger partial charge in [0.2, 0.25) is 11.8 Å². The van der Waals surface area contributed by atoms with E-state index in [4.69, 9.17) is 10.00 Å². The molecule has 0 spiro atoms. The van der Waals surface area contributed by atoms with Gasteiger partial charge in [-0.3, -0.25) is 0 Å². The lowest BCUT2D eigenvalue weighted by molar-refractivity contribution is 0.0104. The van der Waals surface area contributed by atoms with E-state index in [1.54, 1.807) is 4.90 Å². The van der Waals surface area contributed by atoms with Gasteiger partial charge in [0.1, 0.15) is 18.0 Å². The van der Waals surface area contributed by atoms with E-state index in [-0.39, 0.29) is 18.0 Å². The van der Waals surface area contributed by atoms with Crippen LogP contribution in [0.2, 0.25) is 0 Å². The highest BCUT2D eigenvalue weighted by Gasteiger charge is 2.34. The largest absolute Gasteiger partial charge is 0.444 e. The molecule has 1 aromatic rings. The van der Waals surface area contributed by atoms with Gasteiger partial charge in [-0.05, 0) is 20.8 Å². The number of likely N-dealkylation sites (tertiary alicyclic amines) is 1. The molecule has 2 heterocycles. The number of rotatable bonds is 2. The molecule has 20 heavy (non-hydrogen) atoms. The quantitative estimate of drug-likeness (QED) is 0.850. The van der Waals surface area contributed by atoms with Crippen molar-refractivity contribution in [3.8, 4) is 6.07 Å². The lowest BCUT2D eigenvalue weighted by Crippen LogP contribution is -2.58. The number of amides is 1. The molecule has 8 nitrogen and oxygen atoms in total. The summed E-state index contributed by atoms with van der Waals surface area (Å²) in [5.41, 5.74) is -0.495. The Morgan fingerprint density at radius 3 is 2.80 bits per heavy atom. The Balaban J connectivity index is 1.82. The number of ether oxygens (including phenoxy) is 1. The van der Waals surface area contributed by atoms with Crippen LogP contribution in [0.4, 0.5) is 10.7 Å². The number of hydrogen-bond donors (Lipinski definition) is 1. The van der Waals surface area contributed by atoms with E-state index >= 15 is 0 Å². The summed E-state index contributed by atoms with van der Waals surface area (Å²) >= 11 is 0. The van der Waals surface area contributed by atoms with Crippen molar-refractivity contribution >= 4 is 12.0 Å². The van der Waals surface area contributed by atoms with Crippen LogP contribution in [0.3, 0.4) is 0 Å². The second-order valence-corrected chi connectivity index (χ2v) is 5.47. The summed E-state index contributed by atoms with van der Waals surface area (Å²) < 4.78 is 5.25. The zero-order valence-corrected chi connectivity index (χ0v) is 11.6. The Kier molecular flexibility index (Phi) is 3.70. The summed E-state index contributed by atoms with van der Waals surface area (Å²) in [4.78, 5) is 24.8. The zero-order chi connectivity index (χ0) is 14.8. The molecule has 8 heteroatoms. The van der Waals surface area contributed by atoms with Gasteiger partial charge in [0.15, 0.2) is 0 Å². The maximum Gasteiger partial charge on any atom is 0.410 e. The lowest BCUT2D eigenvalue weighted by atomic mass is 10.1. The third-order valence-electron chi connectivity index (χ3n) is 2.54. The molecule has 0 radical (unpaired) electrons. The van der Waals surface area contributed by atoms with E-state index in [1.165, 1.54) is 6.33 Å². The van der Waals surface area contributed by atoms with Gasteiger partial charge >= 0.3 is 6.09 Å². The fourth-order valence-electron chi connectivity index (χ4n) is 1.65. The van der Waals surface area contributed by atoms with Crippen LogP contribution in [0, 0.1) is 11.3 Å². The molecule has 106 valence electrons. The first kappa shape index (κ1) is 14.0. The van der Waals surface area contributed by atoms with E-state index in [0.29, 0.717) is 19.0 Å². The summed E-state index contributed by atoms with van der Waals surface area (Å²) in [6.07, 6.45) is 0.946. The standard InChI is InChI=1S/C12H16N6O2/c1-12(2,3)20-11(19)18-5-8(6-18)16-10-15-7-14-9(4-13)17-10/h7-8H,5-6H2,1-3H3,(H,14,15,16,17). The molecule has 0 aromatic carbocycles. The van der Waals surface area contributed by atoms with Crippen LogP contribution in [0.5, 0.6) is 0 Å². The second-order valence-electron chi connectivity index (χ2n) is 5.47. The molecule has 0 bridgehead atoms. The molecule has 2 rings (SSSR count). The van der Waals surface area contributed by atoms with Gasteiger partial charge in [0.25, 0.3) is 0 Å². The number of nitriles is 1. The predicted octanol–water partition coefficient (Wildman–Crippen LogP) is 0.774. The molecule has 0 atom stereocenters. The normalized spacial score (nSPS) is 15.2. The molecule has 1 aromatic heterocycles. The van der Waals surface area contributed by atoms with Gasteiger partial charge in [-0.1, -0.05) is 0 Å². The van der Waals surface area contributed by atoms with Crippen molar-refractivity contribution in [3.05, 3.63) is 12.2 Å². The molecular formula is C12H16N6O2. The van der Waals surface area contributed by atoms with Crippen LogP contribution in [-0.2, 0) is 4.74 Å². The van der Waals surface area contributed by atoms with Gasteiger partial charge in [-0.2, -0.15) is 10.2 Å². The van der Waals surface area contributed by atoms with E-state index < -0.39 is 5.60 Å². The average Bonchev–Trinajstić information content (AvgIpc) is 2.31. The first-order valence-electron chi connectivity index (χ1n) is 6.21. The highest BCUT2D eigenvalue weighted by atomic mass is 16.6. The van der Waals surface area contributed by atoms with Crippen LogP contribution < -0.4 is 5.32 Å². The molecule has 0 unspecified atom stereocenters. The Labute approximate surface area is 116 Å². The maximum atomic E-state index is 11.7. The number of hydrogen-bond acceptors (Lipinski definition) is 7. The summed E-state index contributed by atoms with van der Waals surface area (Å²) in [5.74, 6) is 0.399. The molecular weight excluding hydrogens is 260 g/mol. The third kappa shape index (κ3) is 3.54. The van der Waals surface area contributed by atoms with E-state index in [9.17, 15) is 4.79 Å². The van der Waals surface area contributed by atoms with Crippen molar-refractivity contribution in [3.63, 3.8) is 0 Å². The highest BCUT2D eigenvalue weighted by molar-refractivity contribution is 5.69. The van der Waals surface area contributed by atoms with Crippen molar-refractivity contribution in [2.45, 2.75) is 32.4 Å². The minimum absolute atomic E-state index is 0.0523. The molecule has 1 fully saturated rings. The minimum atomic E-state index is -0.495. The van der Waals surface area contributed by atoms with Gasteiger partial charge in [0.05, 0.1) is 6.04 Å². The van der Waals surface area contributed by atoms with Crippen molar-refractivity contribution in [2.24, 2.45) is 0 Å². The van der Waals surface area contributed by atoms with E-state index in [0.717, 1.165) is 0 Å². The first-order chi connectivity index (χ1) is 9.37. The van der Waals surface area contributed by atoms with Crippen molar-refractivity contribution in [1.29, 1.82) is 5.26 Å². The summed E-state index contributed by atoms with van der Waals surface area (Å²) in [7, 11) is 0. The number of nitrogens with one attached hydrogen (secondary N) is 1. The van der Waals surface area contributed by atoms with Crippen LogP contribution in [-0.4, -0.2) is 50.7 Å². The molecule has 0 saturated carbocycles. The van der Waals surface area contributed by atoms with Crippen LogP contribution in [0.15, 0.2) is 6.33 Å². The summed E-state index contributed by atoms with van der Waals surface area (Å²) in [5, 5.41) is 11.7. The Hall–Kier alpha value is -2.43. The van der Waals surface area contributed by atoms with Gasteiger partial charge < -0.3 is 15.0 Å². The van der Waals surface area contributed by atoms with Gasteiger partial charge in [-0.25, -0.2) is 14.8 Å². The Morgan fingerprint density at radius 2 is 2.20 bits per heavy atom. The minimum Gasteiger partial charge on any atom is -0.444 e. The van der Waals surface area contributed by atoms with Crippen molar-refractivity contribution in [1.82, 2.24) is 19.9 Å². The zero-order valence-electron chi connectivity index (χ0n) is 11.6. The molecule has 1 aliphatic heterocycles. The highest BCUT2D eigenvalue weighted by Crippen LogP contribution is 2.17. The predicted molar refractivity (Wildman–Crippen MR) is 69.8 cm³/mol. The monoisotopic (exact) mass is 276 g/mol. The lowest BCUT2D eigenvalue weighted by Gasteiger charge is -2.39. The number of carbonyl (C=O) groups is 1. The smallest absolute Gasteiger partial charge is 0.410 e. The molecule has 0 aliphatic carbocycles. The second kappa shape index (κ2) is 5.28. The first-order valence-corrected chi connectivity index (χ1v) is 6.21. The van der Waals surface area contributed by atoms with Gasteiger partial charge in [-0.15, -0.1) is 0 Å². The number of nitrogens with zero attached hydrogens (tertiary/aromatic N) is 5. The van der Waals surface area contributed by atoms with Crippen molar-refractivity contribution < 1.29 is 9.53 Å². The fraction of sp³-hybridized carbons (Fsp3) is 0.583. The van der Waals surface area contributed by atoms with Crippen LogP contribution in [0.1, 0.15) is 26.6 Å². The topological polar surface area (TPSA) is 104 Å². The van der Waals surface area contributed by atoms with E-state index in [2.05, 4.69) is 20.3 Å². The maximum absolute atomic E-state index is 11.7. The fourth-order valence-corrected chi connectivity index (χ4v) is 1.65. The summed E-state index contributed by atoms with van der Waals surface area (Å²) in [6.45, 7) is 6.52. The average molecular weight is 276 g/mol. The SMILES string of the molecule is CC(C)(C)OC(=O)N1CC(Nc2ncnc(C#N)n2)C1. The molecule has 1 aliphatic rings. The number of anilines is 1. The van der Waals surface area contributed by atoms with Crippen LogP contribution in [0.25, 0.3) is 0 Å². The molecule has 1 saturated heterocycles. The van der Waals surface area contributed by atoms with E-state index in [1.807, 2.05) is 26.8 Å². The molecule has 1 amide bonds. The Bertz CT molecular complexity index is 542. The number of aromatic nitrogens is 3. The van der Waals surface area contributed by atoms with Gasteiger partial charge in [0, 0.05) is 13.1 Å². The Morgan fingerprint density at radius 1 is 1.50 bits per heavy atom. The third-order valence-corrected chi connectivity index (χ3v) is 2.54. The van der Waals surface area contributed by atoms with Crippen molar-refractivity contribution in [2.75, 3.05) is 18.4 Å². The number of carbonyl (C=O) groups excluding carboxylic acids is 1.